The van der Waals surface area contributed by atoms with Crippen LogP contribution in [0.5, 0.6) is 5.75 Å². The van der Waals surface area contributed by atoms with Gasteiger partial charge in [-0.05, 0) is 57.4 Å². The number of ether oxygens (including phenoxy) is 1. The van der Waals surface area contributed by atoms with Gasteiger partial charge in [0.1, 0.15) is 16.5 Å². The Bertz CT molecular complexity index is 870. The summed E-state index contributed by atoms with van der Waals surface area (Å²) in [5.41, 5.74) is 1.45. The number of piperidine rings is 1. The molecule has 7 heteroatoms. The van der Waals surface area contributed by atoms with Crippen molar-refractivity contribution in [2.75, 3.05) is 26.7 Å². The van der Waals surface area contributed by atoms with E-state index in [4.69, 9.17) is 4.74 Å². The molecule has 2 aromatic rings. The maximum absolute atomic E-state index is 12.9. The number of likely N-dealkylation sites (tertiary alicyclic amines) is 1. The van der Waals surface area contributed by atoms with Gasteiger partial charge in [-0.15, -0.1) is 11.3 Å². The molecule has 0 saturated carbocycles. The van der Waals surface area contributed by atoms with Gasteiger partial charge in [0.2, 0.25) is 5.91 Å². The average molecular weight is 444 g/mol. The minimum Gasteiger partial charge on any atom is -0.491 e. The summed E-state index contributed by atoms with van der Waals surface area (Å²) in [4.78, 5) is 33.8. The van der Waals surface area contributed by atoms with E-state index in [1.807, 2.05) is 60.3 Å². The van der Waals surface area contributed by atoms with Crippen LogP contribution in [0.3, 0.4) is 0 Å². The van der Waals surface area contributed by atoms with Crippen molar-refractivity contribution >= 4 is 23.2 Å². The topological polar surface area (TPSA) is 62.7 Å². The first kappa shape index (κ1) is 23.3. The van der Waals surface area contributed by atoms with E-state index in [-0.39, 0.29) is 23.8 Å². The second-order valence-corrected chi connectivity index (χ2v) is 9.27. The molecule has 168 valence electrons. The highest BCUT2D eigenvalue weighted by molar-refractivity contribution is 7.13. The molecule has 0 N–H and O–H groups in total. The predicted octanol–water partition coefficient (Wildman–Crippen LogP) is 4.71. The van der Waals surface area contributed by atoms with Crippen LogP contribution in [0, 0.1) is 5.92 Å². The molecular weight excluding hydrogens is 410 g/mol. The van der Waals surface area contributed by atoms with Gasteiger partial charge < -0.3 is 14.5 Å². The number of rotatable bonds is 8. The molecule has 1 fully saturated rings. The van der Waals surface area contributed by atoms with Crippen LogP contribution in [0.15, 0.2) is 29.6 Å². The molecule has 0 unspecified atom stereocenters. The first-order valence-corrected chi connectivity index (χ1v) is 12.0. The summed E-state index contributed by atoms with van der Waals surface area (Å²) in [7, 11) is 1.88. The first-order valence-electron chi connectivity index (χ1n) is 11.2. The van der Waals surface area contributed by atoms with E-state index in [9.17, 15) is 9.59 Å². The van der Waals surface area contributed by atoms with Gasteiger partial charge in [0.25, 0.3) is 5.91 Å². The lowest BCUT2D eigenvalue weighted by molar-refractivity contribution is -0.135. The van der Waals surface area contributed by atoms with E-state index < -0.39 is 0 Å². The molecule has 2 heterocycles. The maximum atomic E-state index is 12.9. The SMILES string of the molecule is CCCCN(C)C(=O)C1CCN(C(=O)c2csc(-c3ccc(OC(C)C)cc3)n2)CC1. The van der Waals surface area contributed by atoms with Crippen molar-refractivity contribution in [2.45, 2.75) is 52.6 Å². The standard InChI is InChI=1S/C24H33N3O3S/c1-5-6-13-26(4)23(28)19-11-14-27(15-12-19)24(29)21-16-31-22(25-21)18-7-9-20(10-8-18)30-17(2)3/h7-10,16-17,19H,5-6,11-15H2,1-4H3. The van der Waals surface area contributed by atoms with Gasteiger partial charge in [0.05, 0.1) is 6.10 Å². The number of carbonyl (C=O) groups is 2. The highest BCUT2D eigenvalue weighted by Crippen LogP contribution is 2.27. The zero-order valence-electron chi connectivity index (χ0n) is 19.0. The van der Waals surface area contributed by atoms with Crippen LogP contribution in [-0.2, 0) is 4.79 Å². The minimum atomic E-state index is -0.0486. The van der Waals surface area contributed by atoms with Gasteiger partial charge in [-0.2, -0.15) is 0 Å². The molecule has 3 rings (SSSR count). The Labute approximate surface area is 189 Å². The molecule has 1 aliphatic heterocycles. The van der Waals surface area contributed by atoms with Crippen LogP contribution in [0.1, 0.15) is 56.9 Å². The second-order valence-electron chi connectivity index (χ2n) is 8.41. The van der Waals surface area contributed by atoms with Crippen LogP contribution in [0.25, 0.3) is 10.6 Å². The number of carbonyl (C=O) groups excluding carboxylic acids is 2. The molecule has 0 atom stereocenters. The Balaban J connectivity index is 1.56. The number of aromatic nitrogens is 1. The van der Waals surface area contributed by atoms with E-state index in [1.54, 1.807) is 0 Å². The number of hydrogen-bond donors (Lipinski definition) is 0. The number of thiazole rings is 1. The molecule has 0 bridgehead atoms. The van der Waals surface area contributed by atoms with Gasteiger partial charge >= 0.3 is 0 Å². The molecule has 1 saturated heterocycles. The minimum absolute atomic E-state index is 0.0171. The Hall–Kier alpha value is -2.41. The van der Waals surface area contributed by atoms with E-state index in [0.717, 1.165) is 48.5 Å². The lowest BCUT2D eigenvalue weighted by Gasteiger charge is -2.33. The molecule has 0 aliphatic carbocycles. The number of hydrogen-bond acceptors (Lipinski definition) is 5. The number of amides is 2. The zero-order chi connectivity index (χ0) is 22.4. The maximum Gasteiger partial charge on any atom is 0.273 e. The molecule has 1 aromatic carbocycles. The Kier molecular flexibility index (Phi) is 8.07. The summed E-state index contributed by atoms with van der Waals surface area (Å²) in [5, 5.41) is 2.65. The molecule has 31 heavy (non-hydrogen) atoms. The van der Waals surface area contributed by atoms with Crippen LogP contribution in [0.4, 0.5) is 0 Å². The Morgan fingerprint density at radius 1 is 1.23 bits per heavy atom. The fourth-order valence-electron chi connectivity index (χ4n) is 3.76. The van der Waals surface area contributed by atoms with Crippen LogP contribution < -0.4 is 4.74 Å². The van der Waals surface area contributed by atoms with Crippen molar-refractivity contribution in [3.05, 3.63) is 35.3 Å². The van der Waals surface area contributed by atoms with Crippen molar-refractivity contribution in [1.82, 2.24) is 14.8 Å². The largest absolute Gasteiger partial charge is 0.491 e. The van der Waals surface area contributed by atoms with E-state index >= 15 is 0 Å². The van der Waals surface area contributed by atoms with Crippen molar-refractivity contribution in [1.29, 1.82) is 0 Å². The monoisotopic (exact) mass is 443 g/mol. The fourth-order valence-corrected chi connectivity index (χ4v) is 4.56. The number of unbranched alkanes of at least 4 members (excludes halogenated alkanes) is 1. The third-order valence-electron chi connectivity index (χ3n) is 5.55. The van der Waals surface area contributed by atoms with Crippen LogP contribution in [-0.4, -0.2) is 59.4 Å². The molecular formula is C24H33N3O3S. The number of nitrogens with zero attached hydrogens (tertiary/aromatic N) is 3. The van der Waals surface area contributed by atoms with Gasteiger partial charge in [-0.25, -0.2) is 4.98 Å². The van der Waals surface area contributed by atoms with Crippen molar-refractivity contribution in [3.8, 4) is 16.3 Å². The number of benzene rings is 1. The summed E-state index contributed by atoms with van der Waals surface area (Å²) in [6.45, 7) is 8.13. The van der Waals surface area contributed by atoms with Gasteiger partial charge in [0, 0.05) is 43.5 Å². The third-order valence-corrected chi connectivity index (χ3v) is 6.44. The van der Waals surface area contributed by atoms with Crippen LogP contribution in [0.2, 0.25) is 0 Å². The molecule has 0 radical (unpaired) electrons. The highest BCUT2D eigenvalue weighted by Gasteiger charge is 2.30. The quantitative estimate of drug-likeness (QED) is 0.593. The smallest absolute Gasteiger partial charge is 0.273 e. The molecule has 6 nitrogen and oxygen atoms in total. The van der Waals surface area contributed by atoms with E-state index in [1.165, 1.54) is 11.3 Å². The van der Waals surface area contributed by atoms with Crippen molar-refractivity contribution < 1.29 is 14.3 Å². The summed E-state index contributed by atoms with van der Waals surface area (Å²) >= 11 is 1.47. The van der Waals surface area contributed by atoms with E-state index in [0.29, 0.717) is 18.8 Å². The average Bonchev–Trinajstić information content (AvgIpc) is 3.27. The molecule has 1 aromatic heterocycles. The summed E-state index contributed by atoms with van der Waals surface area (Å²) in [5.74, 6) is 1.00. The fraction of sp³-hybridized carbons (Fsp3) is 0.542. The van der Waals surface area contributed by atoms with Crippen molar-refractivity contribution in [2.24, 2.45) is 5.92 Å². The van der Waals surface area contributed by atoms with Crippen molar-refractivity contribution in [3.63, 3.8) is 0 Å². The molecule has 0 spiro atoms. The summed E-state index contributed by atoms with van der Waals surface area (Å²) in [6.07, 6.45) is 3.67. The normalized spacial score (nSPS) is 14.7. The molecule has 1 aliphatic rings. The Morgan fingerprint density at radius 2 is 1.90 bits per heavy atom. The summed E-state index contributed by atoms with van der Waals surface area (Å²) in [6, 6.07) is 7.79. The summed E-state index contributed by atoms with van der Waals surface area (Å²) < 4.78 is 5.68. The lowest BCUT2D eigenvalue weighted by Crippen LogP contribution is -2.43. The predicted molar refractivity (Wildman–Crippen MR) is 124 cm³/mol. The third kappa shape index (κ3) is 6.06. The first-order chi connectivity index (χ1) is 14.9. The molecule has 2 amide bonds. The van der Waals surface area contributed by atoms with Gasteiger partial charge in [-0.3, -0.25) is 9.59 Å². The van der Waals surface area contributed by atoms with Gasteiger partial charge in [-0.1, -0.05) is 13.3 Å². The van der Waals surface area contributed by atoms with Gasteiger partial charge in [0.15, 0.2) is 0 Å². The van der Waals surface area contributed by atoms with Crippen LogP contribution >= 0.6 is 11.3 Å². The zero-order valence-corrected chi connectivity index (χ0v) is 19.8. The highest BCUT2D eigenvalue weighted by atomic mass is 32.1. The van der Waals surface area contributed by atoms with E-state index in [2.05, 4.69) is 11.9 Å². The lowest BCUT2D eigenvalue weighted by atomic mass is 9.95. The second kappa shape index (κ2) is 10.8. The Morgan fingerprint density at radius 3 is 2.52 bits per heavy atom.